The number of ether oxygens (including phenoxy) is 1. The van der Waals surface area contributed by atoms with Crippen molar-refractivity contribution in [1.29, 1.82) is 0 Å². The highest BCUT2D eigenvalue weighted by Gasteiger charge is 2.30. The van der Waals surface area contributed by atoms with Gasteiger partial charge < -0.3 is 19.7 Å². The quantitative estimate of drug-likeness (QED) is 0.107. The van der Waals surface area contributed by atoms with Crippen LogP contribution >= 0.6 is 0 Å². The van der Waals surface area contributed by atoms with Crippen LogP contribution in [0.15, 0.2) is 78.3 Å². The molecule has 40 heavy (non-hydrogen) atoms. The number of aliphatic hydroxyl groups is 1. The maximum atomic E-state index is 9.57. The average Bonchev–Trinajstić information content (AvgIpc) is 3.57. The van der Waals surface area contributed by atoms with Gasteiger partial charge in [-0.2, -0.15) is 0 Å². The van der Waals surface area contributed by atoms with Crippen molar-refractivity contribution in [3.05, 3.63) is 83.6 Å². The number of benzene rings is 2. The Labute approximate surface area is 230 Å². The number of aromatic nitrogens is 5. The van der Waals surface area contributed by atoms with Crippen LogP contribution in [0, 0.1) is 5.92 Å². The molecule has 0 saturated heterocycles. The van der Waals surface area contributed by atoms with Crippen LogP contribution in [0.3, 0.4) is 0 Å². The van der Waals surface area contributed by atoms with Crippen molar-refractivity contribution in [2.45, 2.75) is 18.9 Å². The van der Waals surface area contributed by atoms with Gasteiger partial charge >= 0.3 is 0 Å². The smallest absolute Gasteiger partial charge is 0.218 e. The highest BCUT2D eigenvalue weighted by atomic mass is 16.5. The van der Waals surface area contributed by atoms with Crippen LogP contribution in [0.4, 0.5) is 5.82 Å². The van der Waals surface area contributed by atoms with Gasteiger partial charge in [0.1, 0.15) is 11.3 Å². The maximum absolute atomic E-state index is 9.57. The van der Waals surface area contributed by atoms with E-state index in [4.69, 9.17) is 20.4 Å². The van der Waals surface area contributed by atoms with Crippen molar-refractivity contribution in [1.82, 2.24) is 24.1 Å². The Morgan fingerprint density at radius 3 is 2.73 bits per heavy atom. The molecule has 3 heterocycles. The lowest BCUT2D eigenvalue weighted by molar-refractivity contribution is 0.151. The molecule has 1 aliphatic carbocycles. The summed E-state index contributed by atoms with van der Waals surface area (Å²) in [7, 11) is 1.92. The average molecular weight is 536 g/mol. The number of hydrogen-bond donors (Lipinski definition) is 2. The third kappa shape index (κ3) is 4.95. The molecule has 3 aromatic heterocycles. The first-order valence-electron chi connectivity index (χ1n) is 13.2. The SMILES string of the molecule is Cn1ccnc1-c1nc(NC2CC(CO)C2)c2c(-c3ccccc3)c(-c3cccc(OCCN=[N+]=[N-])c3)cn2n1. The van der Waals surface area contributed by atoms with Gasteiger partial charge in [-0.05, 0) is 47.6 Å². The van der Waals surface area contributed by atoms with Crippen LogP contribution in [0.25, 0.3) is 49.9 Å². The number of aryl methyl sites for hydroxylation is 1. The van der Waals surface area contributed by atoms with Crippen LogP contribution in [0.2, 0.25) is 0 Å². The second-order valence-corrected chi connectivity index (χ2v) is 9.91. The van der Waals surface area contributed by atoms with E-state index in [1.165, 1.54) is 0 Å². The highest BCUT2D eigenvalue weighted by Crippen LogP contribution is 2.41. The molecule has 6 rings (SSSR count). The number of aliphatic hydroxyl groups excluding tert-OH is 1. The molecular weight excluding hydrogens is 506 g/mol. The number of imidazole rings is 1. The summed E-state index contributed by atoms with van der Waals surface area (Å²) >= 11 is 0. The van der Waals surface area contributed by atoms with E-state index in [1.54, 1.807) is 6.20 Å². The van der Waals surface area contributed by atoms with Gasteiger partial charge in [0.2, 0.25) is 5.82 Å². The van der Waals surface area contributed by atoms with Gasteiger partial charge in [-0.15, -0.1) is 5.10 Å². The first-order valence-corrected chi connectivity index (χ1v) is 13.2. The van der Waals surface area contributed by atoms with E-state index in [1.807, 2.05) is 71.0 Å². The Hall–Kier alpha value is -4.86. The fourth-order valence-electron chi connectivity index (χ4n) is 5.17. The molecule has 1 fully saturated rings. The fourth-order valence-corrected chi connectivity index (χ4v) is 5.17. The topological polar surface area (TPSA) is 138 Å². The minimum atomic E-state index is 0.196. The molecule has 0 unspecified atom stereocenters. The van der Waals surface area contributed by atoms with Gasteiger partial charge in [-0.1, -0.05) is 47.6 Å². The molecule has 11 heteroatoms. The van der Waals surface area contributed by atoms with Crippen LogP contribution in [0.1, 0.15) is 12.8 Å². The summed E-state index contributed by atoms with van der Waals surface area (Å²) in [6.07, 6.45) is 7.39. The van der Waals surface area contributed by atoms with E-state index in [2.05, 4.69) is 32.5 Å². The van der Waals surface area contributed by atoms with Crippen molar-refractivity contribution in [3.8, 4) is 39.7 Å². The number of fused-ring (bicyclic) bond motifs is 1. The predicted octanol–water partition coefficient (Wildman–Crippen LogP) is 5.34. The Kier molecular flexibility index (Phi) is 7.05. The van der Waals surface area contributed by atoms with E-state index < -0.39 is 0 Å². The molecule has 0 spiro atoms. The molecule has 11 nitrogen and oxygen atoms in total. The van der Waals surface area contributed by atoms with Gasteiger partial charge in [0.25, 0.3) is 0 Å². The second kappa shape index (κ2) is 11.1. The standard InChI is InChI=1S/C29H29N9O2/c1-37-12-10-31-29(37)28-34-27(33-22-14-19(15-22)18-39)26-25(20-6-3-2-4-7-20)24(17-38(26)35-28)21-8-5-9-23(16-21)40-13-11-32-36-30/h2-10,12,16-17,19,22,39H,11,13-15,18H2,1H3,(H,33,34,35). The Morgan fingerprint density at radius 2 is 1.98 bits per heavy atom. The third-order valence-electron chi connectivity index (χ3n) is 7.22. The number of hydrogen-bond acceptors (Lipinski definition) is 7. The lowest BCUT2D eigenvalue weighted by Gasteiger charge is -2.35. The number of azide groups is 1. The molecule has 0 amide bonds. The minimum Gasteiger partial charge on any atom is -0.493 e. The molecule has 2 N–H and O–H groups in total. The summed E-state index contributed by atoms with van der Waals surface area (Å²) in [4.78, 5) is 12.3. The number of rotatable bonds is 10. The molecule has 0 atom stereocenters. The molecular formula is C29H29N9O2. The monoisotopic (exact) mass is 535 g/mol. The summed E-state index contributed by atoms with van der Waals surface area (Å²) in [5.41, 5.74) is 13.4. The molecule has 5 aromatic rings. The summed E-state index contributed by atoms with van der Waals surface area (Å²) in [5, 5.41) is 21.7. The zero-order valence-corrected chi connectivity index (χ0v) is 22.1. The van der Waals surface area contributed by atoms with E-state index in [0.29, 0.717) is 29.9 Å². The van der Waals surface area contributed by atoms with Crippen LogP contribution in [0.5, 0.6) is 5.75 Å². The summed E-state index contributed by atoms with van der Waals surface area (Å²) < 4.78 is 9.63. The molecule has 0 bridgehead atoms. The molecule has 0 aliphatic heterocycles. The summed E-state index contributed by atoms with van der Waals surface area (Å²) in [5.74, 6) is 2.89. The Bertz CT molecular complexity index is 1680. The van der Waals surface area contributed by atoms with Crippen molar-refractivity contribution >= 4 is 11.3 Å². The van der Waals surface area contributed by atoms with Gasteiger partial charge in [0, 0.05) is 54.3 Å². The fraction of sp³-hybridized carbons (Fsp3) is 0.276. The van der Waals surface area contributed by atoms with Gasteiger partial charge in [0.05, 0.1) is 13.2 Å². The molecule has 1 aliphatic rings. The van der Waals surface area contributed by atoms with Crippen LogP contribution in [-0.4, -0.2) is 55.1 Å². The largest absolute Gasteiger partial charge is 0.493 e. The van der Waals surface area contributed by atoms with Gasteiger partial charge in [-0.3, -0.25) is 0 Å². The molecule has 2 aromatic carbocycles. The number of nitrogens with one attached hydrogen (secondary N) is 1. The summed E-state index contributed by atoms with van der Waals surface area (Å²) in [6, 6.07) is 18.3. The van der Waals surface area contributed by atoms with Gasteiger partial charge in [0.15, 0.2) is 11.6 Å². The zero-order chi connectivity index (χ0) is 27.5. The maximum Gasteiger partial charge on any atom is 0.218 e. The molecule has 1 saturated carbocycles. The Morgan fingerprint density at radius 1 is 1.15 bits per heavy atom. The van der Waals surface area contributed by atoms with Gasteiger partial charge in [-0.25, -0.2) is 14.5 Å². The predicted molar refractivity (Wildman–Crippen MR) is 153 cm³/mol. The normalized spacial score (nSPS) is 16.4. The lowest BCUT2D eigenvalue weighted by atomic mass is 9.81. The van der Waals surface area contributed by atoms with E-state index in [0.717, 1.165) is 46.4 Å². The zero-order valence-electron chi connectivity index (χ0n) is 22.1. The highest BCUT2D eigenvalue weighted by molar-refractivity contribution is 5.99. The van der Waals surface area contributed by atoms with Crippen LogP contribution in [-0.2, 0) is 7.05 Å². The van der Waals surface area contributed by atoms with Crippen molar-refractivity contribution in [2.75, 3.05) is 25.1 Å². The first-order chi connectivity index (χ1) is 19.6. The van der Waals surface area contributed by atoms with E-state index in [9.17, 15) is 5.11 Å². The lowest BCUT2D eigenvalue weighted by Crippen LogP contribution is -2.37. The first kappa shape index (κ1) is 25.4. The van der Waals surface area contributed by atoms with Crippen molar-refractivity contribution in [3.63, 3.8) is 0 Å². The van der Waals surface area contributed by atoms with Crippen molar-refractivity contribution in [2.24, 2.45) is 18.1 Å². The van der Waals surface area contributed by atoms with E-state index in [-0.39, 0.29) is 19.2 Å². The second-order valence-electron chi connectivity index (χ2n) is 9.91. The molecule has 202 valence electrons. The van der Waals surface area contributed by atoms with Crippen LogP contribution < -0.4 is 10.1 Å². The van der Waals surface area contributed by atoms with E-state index >= 15 is 0 Å². The minimum absolute atomic E-state index is 0.196. The Balaban J connectivity index is 1.52. The number of anilines is 1. The third-order valence-corrected chi connectivity index (χ3v) is 7.22. The molecule has 0 radical (unpaired) electrons. The van der Waals surface area contributed by atoms with Crippen molar-refractivity contribution < 1.29 is 9.84 Å². The number of nitrogens with zero attached hydrogens (tertiary/aromatic N) is 8. The summed E-state index contributed by atoms with van der Waals surface area (Å²) in [6.45, 7) is 0.742.